The van der Waals surface area contributed by atoms with Crippen LogP contribution in [0.15, 0.2) is 91.0 Å². The monoisotopic (exact) mass is 459 g/mol. The van der Waals surface area contributed by atoms with Crippen molar-refractivity contribution in [1.82, 2.24) is 0 Å². The molecule has 1 N–H and O–H groups in total. The summed E-state index contributed by atoms with van der Waals surface area (Å²) in [6, 6.07) is 25.6. The summed E-state index contributed by atoms with van der Waals surface area (Å²) in [6.07, 6.45) is 0. The molecule has 0 saturated heterocycles. The minimum Gasteiger partial charge on any atom is -0.493 e. The zero-order chi connectivity index (χ0) is 23.9. The van der Waals surface area contributed by atoms with Gasteiger partial charge in [0.05, 0.1) is 12.3 Å². The van der Waals surface area contributed by atoms with E-state index in [9.17, 15) is 13.6 Å². The van der Waals surface area contributed by atoms with Gasteiger partial charge in [0.1, 0.15) is 29.7 Å². The Morgan fingerprint density at radius 2 is 1.56 bits per heavy atom. The molecule has 0 aromatic heterocycles. The van der Waals surface area contributed by atoms with Crippen molar-refractivity contribution in [3.05, 3.63) is 114 Å². The highest BCUT2D eigenvalue weighted by molar-refractivity contribution is 6.04. The molecule has 0 radical (unpaired) electrons. The molecular weight excluding hydrogens is 436 g/mol. The molecule has 4 nitrogen and oxygen atoms in total. The minimum absolute atomic E-state index is 0.100. The van der Waals surface area contributed by atoms with Gasteiger partial charge in [-0.2, -0.15) is 0 Å². The van der Waals surface area contributed by atoms with Crippen LogP contribution in [0.1, 0.15) is 22.8 Å². The number of halogens is 2. The van der Waals surface area contributed by atoms with Crippen LogP contribution >= 0.6 is 0 Å². The molecule has 0 heterocycles. The normalized spacial score (nSPS) is 10.6. The number of hydrogen-bond acceptors (Lipinski definition) is 3. The fraction of sp³-hybridized carbons (Fsp3) is 0.107. The number of carbonyl (C=O) groups excluding carboxylic acids is 1. The van der Waals surface area contributed by atoms with Crippen molar-refractivity contribution in [3.63, 3.8) is 0 Å². The largest absolute Gasteiger partial charge is 0.493 e. The van der Waals surface area contributed by atoms with Crippen LogP contribution in [0, 0.1) is 11.6 Å². The van der Waals surface area contributed by atoms with Gasteiger partial charge >= 0.3 is 0 Å². The number of ether oxygens (including phenoxy) is 2. The number of anilines is 1. The molecule has 1 amide bonds. The second-order valence-electron chi connectivity index (χ2n) is 7.51. The molecule has 0 saturated carbocycles. The predicted molar refractivity (Wildman–Crippen MR) is 128 cm³/mol. The summed E-state index contributed by atoms with van der Waals surface area (Å²) in [5.41, 5.74) is 3.06. The first-order chi connectivity index (χ1) is 16.5. The Morgan fingerprint density at radius 1 is 0.824 bits per heavy atom. The van der Waals surface area contributed by atoms with E-state index >= 15 is 0 Å². The van der Waals surface area contributed by atoms with Gasteiger partial charge in [-0.3, -0.25) is 4.79 Å². The second kappa shape index (κ2) is 10.6. The minimum atomic E-state index is -0.846. The van der Waals surface area contributed by atoms with Gasteiger partial charge in [-0.25, -0.2) is 8.78 Å². The molecule has 0 aliphatic heterocycles. The molecule has 0 spiro atoms. The topological polar surface area (TPSA) is 47.6 Å². The maximum atomic E-state index is 13.9. The molecule has 4 aromatic carbocycles. The summed E-state index contributed by atoms with van der Waals surface area (Å²) in [5.74, 6) is -0.824. The first-order valence-corrected chi connectivity index (χ1v) is 10.8. The Labute approximate surface area is 196 Å². The van der Waals surface area contributed by atoms with E-state index in [2.05, 4.69) is 5.32 Å². The molecule has 0 atom stereocenters. The second-order valence-corrected chi connectivity index (χ2v) is 7.51. The molecule has 0 bridgehead atoms. The molecule has 34 heavy (non-hydrogen) atoms. The van der Waals surface area contributed by atoms with E-state index in [4.69, 9.17) is 9.47 Å². The van der Waals surface area contributed by atoms with Crippen LogP contribution in [0.3, 0.4) is 0 Å². The summed E-state index contributed by atoms with van der Waals surface area (Å²) in [7, 11) is 0. The molecule has 0 fully saturated rings. The average molecular weight is 459 g/mol. The van der Waals surface area contributed by atoms with Crippen molar-refractivity contribution >= 4 is 11.6 Å². The van der Waals surface area contributed by atoms with Crippen molar-refractivity contribution in [1.29, 1.82) is 0 Å². The predicted octanol–water partition coefficient (Wildman–Crippen LogP) is 6.86. The summed E-state index contributed by atoms with van der Waals surface area (Å²) in [6.45, 7) is 2.49. The van der Waals surface area contributed by atoms with Crippen LogP contribution in [0.2, 0.25) is 0 Å². The highest BCUT2D eigenvalue weighted by atomic mass is 19.1. The fourth-order valence-electron chi connectivity index (χ4n) is 3.45. The van der Waals surface area contributed by atoms with Crippen LogP contribution in [-0.4, -0.2) is 12.5 Å². The van der Waals surface area contributed by atoms with Crippen LogP contribution < -0.4 is 14.8 Å². The lowest BCUT2D eigenvalue weighted by molar-refractivity contribution is 0.102. The third-order valence-corrected chi connectivity index (χ3v) is 5.16. The zero-order valence-electron chi connectivity index (χ0n) is 18.6. The van der Waals surface area contributed by atoms with Gasteiger partial charge in [0.2, 0.25) is 0 Å². The Kier molecular flexibility index (Phi) is 7.18. The average Bonchev–Trinajstić information content (AvgIpc) is 2.86. The van der Waals surface area contributed by atoms with E-state index in [0.717, 1.165) is 23.3 Å². The van der Waals surface area contributed by atoms with Crippen molar-refractivity contribution < 1.29 is 23.0 Å². The highest BCUT2D eigenvalue weighted by Gasteiger charge is 2.14. The fourth-order valence-corrected chi connectivity index (χ4v) is 3.45. The number of hydrogen-bond donors (Lipinski definition) is 1. The zero-order valence-corrected chi connectivity index (χ0v) is 18.6. The van der Waals surface area contributed by atoms with Gasteiger partial charge in [-0.15, -0.1) is 0 Å². The van der Waals surface area contributed by atoms with Crippen molar-refractivity contribution in [2.75, 3.05) is 11.9 Å². The molecule has 172 valence electrons. The Balaban J connectivity index is 1.49. The van der Waals surface area contributed by atoms with Gasteiger partial charge in [0.15, 0.2) is 0 Å². The van der Waals surface area contributed by atoms with Crippen LogP contribution in [0.5, 0.6) is 11.5 Å². The summed E-state index contributed by atoms with van der Waals surface area (Å²) in [5, 5.41) is 2.47. The van der Waals surface area contributed by atoms with Crippen LogP contribution in [0.4, 0.5) is 14.5 Å². The number of amides is 1. The molecule has 4 rings (SSSR count). The third kappa shape index (κ3) is 5.59. The lowest BCUT2D eigenvalue weighted by atomic mass is 10.1. The summed E-state index contributed by atoms with van der Waals surface area (Å²) in [4.78, 5) is 12.7. The number of carbonyl (C=O) groups is 1. The summed E-state index contributed by atoms with van der Waals surface area (Å²) >= 11 is 0. The molecule has 0 aliphatic rings. The van der Waals surface area contributed by atoms with Crippen molar-refractivity contribution in [2.45, 2.75) is 13.5 Å². The number of rotatable bonds is 8. The molecule has 4 aromatic rings. The van der Waals surface area contributed by atoms with E-state index in [0.29, 0.717) is 29.2 Å². The van der Waals surface area contributed by atoms with Gasteiger partial charge in [0.25, 0.3) is 5.91 Å². The molecular formula is C28H23F2NO3. The molecule has 0 aliphatic carbocycles. The first kappa shape index (κ1) is 23.0. The van der Waals surface area contributed by atoms with Crippen molar-refractivity contribution in [3.8, 4) is 22.6 Å². The van der Waals surface area contributed by atoms with Crippen LogP contribution in [-0.2, 0) is 6.61 Å². The Morgan fingerprint density at radius 3 is 2.26 bits per heavy atom. The van der Waals surface area contributed by atoms with E-state index in [1.54, 1.807) is 18.2 Å². The lowest BCUT2D eigenvalue weighted by Gasteiger charge is -2.14. The smallest absolute Gasteiger partial charge is 0.255 e. The van der Waals surface area contributed by atoms with E-state index < -0.39 is 17.5 Å². The highest BCUT2D eigenvalue weighted by Crippen LogP contribution is 2.26. The number of nitrogens with one attached hydrogen (secondary N) is 1. The van der Waals surface area contributed by atoms with E-state index in [1.165, 1.54) is 6.07 Å². The molecule has 0 unspecified atom stereocenters. The third-order valence-electron chi connectivity index (χ3n) is 5.16. The Hall–Kier alpha value is -4.19. The quantitative estimate of drug-likeness (QED) is 0.313. The summed E-state index contributed by atoms with van der Waals surface area (Å²) < 4.78 is 38.7. The van der Waals surface area contributed by atoms with Gasteiger partial charge < -0.3 is 14.8 Å². The first-order valence-electron chi connectivity index (χ1n) is 10.8. The lowest BCUT2D eigenvalue weighted by Crippen LogP contribution is -2.14. The SMILES string of the molecule is CCOc1ccc(C(=O)Nc2ccc(F)cc2F)cc1COc1ccc(-c2ccccc2)cc1. The van der Waals surface area contributed by atoms with Crippen LogP contribution in [0.25, 0.3) is 11.1 Å². The van der Waals surface area contributed by atoms with Gasteiger partial charge in [0, 0.05) is 17.2 Å². The maximum absolute atomic E-state index is 13.9. The standard InChI is InChI=1S/C28H23F2NO3/c1-2-33-27-15-10-21(28(32)31-26-14-11-23(29)17-25(26)30)16-22(27)18-34-24-12-8-20(9-13-24)19-6-4-3-5-7-19/h3-17H,2,18H2,1H3,(H,31,32). The molecule has 6 heteroatoms. The van der Waals surface area contributed by atoms with Crippen molar-refractivity contribution in [2.24, 2.45) is 0 Å². The van der Waals surface area contributed by atoms with E-state index in [1.807, 2.05) is 61.5 Å². The van der Waals surface area contributed by atoms with E-state index in [-0.39, 0.29) is 12.3 Å². The maximum Gasteiger partial charge on any atom is 0.255 e. The van der Waals surface area contributed by atoms with Gasteiger partial charge in [-0.05, 0) is 60.5 Å². The van der Waals surface area contributed by atoms with Gasteiger partial charge in [-0.1, -0.05) is 42.5 Å². The number of benzene rings is 4. The Bertz CT molecular complexity index is 1270.